The highest BCUT2D eigenvalue weighted by atomic mass is 32.1. The van der Waals surface area contributed by atoms with Crippen LogP contribution in [0.3, 0.4) is 0 Å². The summed E-state index contributed by atoms with van der Waals surface area (Å²) in [6.45, 7) is 0.265. The molecule has 9 nitrogen and oxygen atoms in total. The Morgan fingerprint density at radius 3 is 2.57 bits per heavy atom. The summed E-state index contributed by atoms with van der Waals surface area (Å²) in [6.07, 6.45) is -0.150. The summed E-state index contributed by atoms with van der Waals surface area (Å²) >= 11 is 1.04. The Morgan fingerprint density at radius 1 is 1.20 bits per heavy atom. The first-order valence-corrected chi connectivity index (χ1v) is 12.0. The molecule has 1 aliphatic rings. The van der Waals surface area contributed by atoms with Crippen LogP contribution in [0.1, 0.15) is 51.4 Å². The van der Waals surface area contributed by atoms with Crippen molar-refractivity contribution in [2.45, 2.75) is 63.8 Å². The molecule has 192 valence electrons. The van der Waals surface area contributed by atoms with Crippen LogP contribution in [0.4, 0.5) is 18.3 Å². The third kappa shape index (κ3) is 8.06. The second-order valence-electron chi connectivity index (χ2n) is 8.81. The van der Waals surface area contributed by atoms with Crippen LogP contribution in [0.2, 0.25) is 0 Å². The molecule has 1 heterocycles. The topological polar surface area (TPSA) is 149 Å². The van der Waals surface area contributed by atoms with E-state index in [4.69, 9.17) is 11.5 Å². The number of anilines is 1. The van der Waals surface area contributed by atoms with E-state index in [0.29, 0.717) is 10.2 Å². The van der Waals surface area contributed by atoms with Crippen LogP contribution in [-0.4, -0.2) is 41.7 Å². The maximum absolute atomic E-state index is 12.9. The van der Waals surface area contributed by atoms with E-state index in [-0.39, 0.29) is 42.6 Å². The highest BCUT2D eigenvalue weighted by Crippen LogP contribution is 2.39. The van der Waals surface area contributed by atoms with Crippen LogP contribution in [0.5, 0.6) is 5.75 Å². The third-order valence-electron chi connectivity index (χ3n) is 5.97. The predicted octanol–water partition coefficient (Wildman–Crippen LogP) is 3.18. The Balaban J connectivity index is 1.62. The molecular weight excluding hydrogens is 487 g/mol. The van der Waals surface area contributed by atoms with Crippen molar-refractivity contribution in [3.63, 3.8) is 0 Å². The molecule has 1 aromatic carbocycles. The standard InChI is InChI=1S/C22H28F3N5O4S/c23-22(24,25)34-13-4-6-15-16(10-13)35-20(29-15)30-18(32)11-21(8-2-1-3-9-21)12-28-19(33)14(26)5-7-17(27)31/h4,6,10,14H,1-3,5,7-9,11-12,26H2,(H2,27,31)(H,28,33)(H,29,30,32)/t14-/m0/s1. The van der Waals surface area contributed by atoms with Crippen molar-refractivity contribution >= 4 is 44.4 Å². The third-order valence-corrected chi connectivity index (χ3v) is 6.90. The molecule has 35 heavy (non-hydrogen) atoms. The number of rotatable bonds is 10. The number of alkyl halides is 3. The van der Waals surface area contributed by atoms with Crippen LogP contribution in [0.25, 0.3) is 10.2 Å². The fourth-order valence-corrected chi connectivity index (χ4v) is 5.12. The SMILES string of the molecule is NC(=O)CC[C@H](N)C(=O)NCC1(CC(=O)Nc2nc3ccc(OC(F)(F)F)cc3s2)CCCCC1. The first-order chi connectivity index (χ1) is 16.4. The van der Waals surface area contributed by atoms with Gasteiger partial charge in [-0.2, -0.15) is 0 Å². The Morgan fingerprint density at radius 2 is 1.91 bits per heavy atom. The van der Waals surface area contributed by atoms with Gasteiger partial charge in [-0.1, -0.05) is 30.6 Å². The molecular formula is C22H28F3N5O4S. The van der Waals surface area contributed by atoms with E-state index in [1.165, 1.54) is 12.1 Å². The fraction of sp³-hybridized carbons (Fsp3) is 0.545. The molecule has 1 saturated carbocycles. The fourth-order valence-electron chi connectivity index (χ4n) is 4.21. The first kappa shape index (κ1) is 26.7. The second kappa shape index (κ2) is 11.2. The lowest BCUT2D eigenvalue weighted by molar-refractivity contribution is -0.274. The molecule has 0 unspecified atom stereocenters. The monoisotopic (exact) mass is 515 g/mol. The van der Waals surface area contributed by atoms with Gasteiger partial charge < -0.3 is 26.8 Å². The molecule has 1 aliphatic carbocycles. The number of aromatic nitrogens is 1. The lowest BCUT2D eigenvalue weighted by atomic mass is 9.71. The molecule has 0 radical (unpaired) electrons. The number of thiazole rings is 1. The number of nitrogens with one attached hydrogen (secondary N) is 2. The average molecular weight is 516 g/mol. The van der Waals surface area contributed by atoms with Crippen molar-refractivity contribution in [3.05, 3.63) is 18.2 Å². The Labute approximate surface area is 203 Å². The minimum Gasteiger partial charge on any atom is -0.406 e. The summed E-state index contributed by atoms with van der Waals surface area (Å²) < 4.78 is 41.7. The molecule has 0 bridgehead atoms. The second-order valence-corrected chi connectivity index (χ2v) is 9.84. The Bertz CT molecular complexity index is 1070. The smallest absolute Gasteiger partial charge is 0.406 e. The summed E-state index contributed by atoms with van der Waals surface area (Å²) in [6, 6.07) is 2.90. The number of carbonyl (C=O) groups is 3. The minimum absolute atomic E-state index is 0.00806. The van der Waals surface area contributed by atoms with Gasteiger partial charge in [-0.15, -0.1) is 13.2 Å². The lowest BCUT2D eigenvalue weighted by Gasteiger charge is -2.37. The van der Waals surface area contributed by atoms with Gasteiger partial charge in [0, 0.05) is 25.5 Å². The van der Waals surface area contributed by atoms with Crippen molar-refractivity contribution in [1.82, 2.24) is 10.3 Å². The number of fused-ring (bicyclic) bond motifs is 1. The summed E-state index contributed by atoms with van der Waals surface area (Å²) in [5.41, 5.74) is 10.9. The zero-order valence-corrected chi connectivity index (χ0v) is 19.8. The van der Waals surface area contributed by atoms with Gasteiger partial charge in [0.05, 0.1) is 16.3 Å². The van der Waals surface area contributed by atoms with Gasteiger partial charge in [0.1, 0.15) is 5.75 Å². The van der Waals surface area contributed by atoms with Gasteiger partial charge in [-0.25, -0.2) is 4.98 Å². The van der Waals surface area contributed by atoms with Crippen molar-refractivity contribution in [2.24, 2.45) is 16.9 Å². The van der Waals surface area contributed by atoms with Gasteiger partial charge in [0.15, 0.2) is 5.13 Å². The number of ether oxygens (including phenoxy) is 1. The number of nitrogens with zero attached hydrogens (tertiary/aromatic N) is 1. The summed E-state index contributed by atoms with van der Waals surface area (Å²) in [5.74, 6) is -1.60. The molecule has 1 fully saturated rings. The number of nitrogens with two attached hydrogens (primary N) is 2. The van der Waals surface area contributed by atoms with Crippen molar-refractivity contribution < 1.29 is 32.3 Å². The molecule has 6 N–H and O–H groups in total. The van der Waals surface area contributed by atoms with E-state index in [1.807, 2.05) is 0 Å². The van der Waals surface area contributed by atoms with Gasteiger partial charge >= 0.3 is 6.36 Å². The van der Waals surface area contributed by atoms with E-state index in [2.05, 4.69) is 20.4 Å². The van der Waals surface area contributed by atoms with E-state index in [9.17, 15) is 27.6 Å². The maximum Gasteiger partial charge on any atom is 0.573 e. The Hall–Kier alpha value is -2.93. The van der Waals surface area contributed by atoms with Crippen molar-refractivity contribution in [2.75, 3.05) is 11.9 Å². The predicted molar refractivity (Wildman–Crippen MR) is 124 cm³/mol. The normalized spacial score (nSPS) is 16.5. The number of benzene rings is 1. The molecule has 2 aromatic rings. The molecule has 0 aliphatic heterocycles. The molecule has 3 rings (SSSR count). The molecule has 3 amide bonds. The van der Waals surface area contributed by atoms with Gasteiger partial charge in [-0.3, -0.25) is 14.4 Å². The van der Waals surface area contributed by atoms with E-state index in [1.54, 1.807) is 0 Å². The van der Waals surface area contributed by atoms with Gasteiger partial charge in [0.2, 0.25) is 17.7 Å². The minimum atomic E-state index is -4.80. The number of carbonyl (C=O) groups excluding carboxylic acids is 3. The zero-order valence-electron chi connectivity index (χ0n) is 19.0. The summed E-state index contributed by atoms with van der Waals surface area (Å²) in [7, 11) is 0. The number of hydrogen-bond donors (Lipinski definition) is 4. The summed E-state index contributed by atoms with van der Waals surface area (Å²) in [5, 5.41) is 5.81. The number of halogens is 3. The van der Waals surface area contributed by atoms with E-state index < -0.39 is 29.6 Å². The average Bonchev–Trinajstić information content (AvgIpc) is 3.16. The van der Waals surface area contributed by atoms with Crippen LogP contribution in [0, 0.1) is 5.41 Å². The van der Waals surface area contributed by atoms with Crippen molar-refractivity contribution in [1.29, 1.82) is 0 Å². The highest BCUT2D eigenvalue weighted by molar-refractivity contribution is 7.22. The maximum atomic E-state index is 12.9. The summed E-state index contributed by atoms with van der Waals surface area (Å²) in [4.78, 5) is 40.4. The Kier molecular flexibility index (Phi) is 8.54. The van der Waals surface area contributed by atoms with Crippen LogP contribution in [-0.2, 0) is 14.4 Å². The van der Waals surface area contributed by atoms with E-state index >= 15 is 0 Å². The molecule has 0 saturated heterocycles. The molecule has 0 spiro atoms. The molecule has 1 atom stereocenters. The van der Waals surface area contributed by atoms with E-state index in [0.717, 1.165) is 49.5 Å². The zero-order chi connectivity index (χ0) is 25.6. The largest absolute Gasteiger partial charge is 0.573 e. The van der Waals surface area contributed by atoms with Gasteiger partial charge in [0.25, 0.3) is 0 Å². The molecule has 13 heteroatoms. The van der Waals surface area contributed by atoms with Gasteiger partial charge in [-0.05, 0) is 36.8 Å². The van der Waals surface area contributed by atoms with Crippen molar-refractivity contribution in [3.8, 4) is 5.75 Å². The molecule has 1 aromatic heterocycles. The highest BCUT2D eigenvalue weighted by Gasteiger charge is 2.35. The van der Waals surface area contributed by atoms with Crippen LogP contribution < -0.4 is 26.8 Å². The number of hydrogen-bond acceptors (Lipinski definition) is 7. The lowest BCUT2D eigenvalue weighted by Crippen LogP contribution is -2.47. The quantitative estimate of drug-likeness (QED) is 0.382. The van der Waals surface area contributed by atoms with Crippen LogP contribution >= 0.6 is 11.3 Å². The van der Waals surface area contributed by atoms with Crippen LogP contribution in [0.15, 0.2) is 18.2 Å². The number of primary amides is 1. The first-order valence-electron chi connectivity index (χ1n) is 11.2. The number of amides is 3.